The zero-order valence-electron chi connectivity index (χ0n) is 10.3. The lowest BCUT2D eigenvalue weighted by atomic mass is 10.2. The molecule has 0 spiro atoms. The fraction of sp³-hybridized carbons (Fsp3) is 0.0714. The van der Waals surface area contributed by atoms with Gasteiger partial charge in [0.05, 0.1) is 10.7 Å². The summed E-state index contributed by atoms with van der Waals surface area (Å²) in [5.41, 5.74) is 7.95. The Balaban J connectivity index is 2.39. The molecule has 0 atom stereocenters. The van der Waals surface area contributed by atoms with Crippen LogP contribution in [0.25, 0.3) is 0 Å². The molecule has 2 rings (SSSR count). The Kier molecular flexibility index (Phi) is 3.93. The molecule has 2 aromatic carbocycles. The fourth-order valence-electron chi connectivity index (χ4n) is 1.77. The van der Waals surface area contributed by atoms with E-state index in [-0.39, 0.29) is 5.75 Å². The lowest BCUT2D eigenvalue weighted by Crippen LogP contribution is -2.12. The van der Waals surface area contributed by atoms with Gasteiger partial charge >= 0.3 is 0 Å². The average Bonchev–Trinajstić information content (AvgIpc) is 2.37. The van der Waals surface area contributed by atoms with E-state index in [4.69, 9.17) is 29.6 Å². The SMILES string of the molecule is CN(c1cccc(O)c1)c1ccc(C(N)=S)cc1Cl. The van der Waals surface area contributed by atoms with E-state index in [1.165, 1.54) is 0 Å². The smallest absolute Gasteiger partial charge is 0.117 e. The van der Waals surface area contributed by atoms with Crippen molar-refractivity contribution in [2.24, 2.45) is 5.73 Å². The molecule has 19 heavy (non-hydrogen) atoms. The Labute approximate surface area is 122 Å². The molecule has 0 aromatic heterocycles. The number of benzene rings is 2. The molecule has 0 radical (unpaired) electrons. The number of phenols is 1. The maximum atomic E-state index is 9.50. The largest absolute Gasteiger partial charge is 0.508 e. The standard InChI is InChI=1S/C14H13ClN2OS/c1-17(10-3-2-4-11(18)8-10)13-6-5-9(14(16)19)7-12(13)15/h2-8,18H,1H3,(H2,16,19). The van der Waals surface area contributed by atoms with E-state index in [1.807, 2.05) is 30.1 Å². The molecule has 3 nitrogen and oxygen atoms in total. The first kappa shape index (κ1) is 13.6. The second-order valence-corrected chi connectivity index (χ2v) is 4.96. The lowest BCUT2D eigenvalue weighted by Gasteiger charge is -2.21. The molecule has 0 fully saturated rings. The number of aromatic hydroxyl groups is 1. The molecule has 0 heterocycles. The van der Waals surface area contributed by atoms with Crippen molar-refractivity contribution in [3.63, 3.8) is 0 Å². The number of phenolic OH excluding ortho intramolecular Hbond substituents is 1. The highest BCUT2D eigenvalue weighted by Crippen LogP contribution is 2.32. The minimum atomic E-state index is 0.209. The summed E-state index contributed by atoms with van der Waals surface area (Å²) in [5, 5.41) is 10.1. The van der Waals surface area contributed by atoms with Crippen LogP contribution in [-0.2, 0) is 0 Å². The van der Waals surface area contributed by atoms with E-state index < -0.39 is 0 Å². The van der Waals surface area contributed by atoms with E-state index in [0.717, 1.165) is 16.9 Å². The van der Waals surface area contributed by atoms with Crippen molar-refractivity contribution in [3.05, 3.63) is 53.1 Å². The van der Waals surface area contributed by atoms with Crippen molar-refractivity contribution >= 4 is 40.2 Å². The predicted octanol–water partition coefficient (Wildman–Crippen LogP) is 3.45. The molecular formula is C14H13ClN2OS. The maximum Gasteiger partial charge on any atom is 0.117 e. The molecular weight excluding hydrogens is 280 g/mol. The van der Waals surface area contributed by atoms with Crippen LogP contribution in [0, 0.1) is 0 Å². The van der Waals surface area contributed by atoms with Crippen LogP contribution < -0.4 is 10.6 Å². The second-order valence-electron chi connectivity index (χ2n) is 4.11. The molecule has 0 amide bonds. The molecule has 0 aliphatic carbocycles. The molecule has 0 aliphatic rings. The van der Waals surface area contributed by atoms with Crippen molar-refractivity contribution in [2.45, 2.75) is 0 Å². The number of halogens is 1. The summed E-state index contributed by atoms with van der Waals surface area (Å²) < 4.78 is 0. The van der Waals surface area contributed by atoms with Crippen LogP contribution >= 0.6 is 23.8 Å². The summed E-state index contributed by atoms with van der Waals surface area (Å²) in [6.45, 7) is 0. The maximum absolute atomic E-state index is 9.50. The van der Waals surface area contributed by atoms with E-state index in [9.17, 15) is 5.11 Å². The Morgan fingerprint density at radius 1 is 1.26 bits per heavy atom. The van der Waals surface area contributed by atoms with Crippen LogP contribution in [0.3, 0.4) is 0 Å². The van der Waals surface area contributed by atoms with Crippen LogP contribution in [0.15, 0.2) is 42.5 Å². The normalized spacial score (nSPS) is 10.2. The van der Waals surface area contributed by atoms with E-state index in [1.54, 1.807) is 24.3 Å². The third kappa shape index (κ3) is 2.97. The van der Waals surface area contributed by atoms with E-state index >= 15 is 0 Å². The highest BCUT2D eigenvalue weighted by Gasteiger charge is 2.10. The number of anilines is 2. The number of hydrogen-bond donors (Lipinski definition) is 2. The highest BCUT2D eigenvalue weighted by atomic mass is 35.5. The van der Waals surface area contributed by atoms with Gasteiger partial charge in [-0.05, 0) is 30.3 Å². The molecule has 0 bridgehead atoms. The molecule has 3 N–H and O–H groups in total. The summed E-state index contributed by atoms with van der Waals surface area (Å²) in [7, 11) is 1.87. The first-order valence-electron chi connectivity index (χ1n) is 5.61. The van der Waals surface area contributed by atoms with Gasteiger partial charge in [0.25, 0.3) is 0 Å². The predicted molar refractivity (Wildman–Crippen MR) is 83.5 cm³/mol. The minimum absolute atomic E-state index is 0.209. The topological polar surface area (TPSA) is 49.5 Å². The van der Waals surface area contributed by atoms with E-state index in [0.29, 0.717) is 10.0 Å². The summed E-state index contributed by atoms with van der Waals surface area (Å²) in [5.74, 6) is 0.209. The summed E-state index contributed by atoms with van der Waals surface area (Å²) in [4.78, 5) is 2.19. The third-order valence-electron chi connectivity index (χ3n) is 2.81. The summed E-state index contributed by atoms with van der Waals surface area (Å²) in [6.07, 6.45) is 0. The van der Waals surface area contributed by atoms with Crippen molar-refractivity contribution in [3.8, 4) is 5.75 Å². The zero-order valence-corrected chi connectivity index (χ0v) is 11.9. The third-order valence-corrected chi connectivity index (χ3v) is 3.35. The quantitative estimate of drug-likeness (QED) is 0.851. The number of rotatable bonds is 3. The van der Waals surface area contributed by atoms with Crippen LogP contribution in [0.5, 0.6) is 5.75 Å². The van der Waals surface area contributed by atoms with Crippen LogP contribution in [-0.4, -0.2) is 17.1 Å². The van der Waals surface area contributed by atoms with E-state index in [2.05, 4.69) is 0 Å². The molecule has 5 heteroatoms. The van der Waals surface area contributed by atoms with Gasteiger partial charge in [0.2, 0.25) is 0 Å². The van der Waals surface area contributed by atoms with Gasteiger partial charge < -0.3 is 15.7 Å². The van der Waals surface area contributed by atoms with Crippen molar-refractivity contribution in [1.82, 2.24) is 0 Å². The van der Waals surface area contributed by atoms with Gasteiger partial charge in [-0.15, -0.1) is 0 Å². The summed E-state index contributed by atoms with van der Waals surface area (Å²) in [6, 6.07) is 12.4. The number of nitrogens with zero attached hydrogens (tertiary/aromatic N) is 1. The van der Waals surface area contributed by atoms with Crippen molar-refractivity contribution < 1.29 is 5.11 Å². The Bertz CT molecular complexity index is 631. The monoisotopic (exact) mass is 292 g/mol. The Morgan fingerprint density at radius 3 is 2.58 bits per heavy atom. The van der Waals surface area contributed by atoms with Gasteiger partial charge in [-0.2, -0.15) is 0 Å². The van der Waals surface area contributed by atoms with Gasteiger partial charge in [0.15, 0.2) is 0 Å². The molecule has 0 unspecified atom stereocenters. The van der Waals surface area contributed by atoms with Crippen LogP contribution in [0.2, 0.25) is 5.02 Å². The first-order valence-corrected chi connectivity index (χ1v) is 6.40. The average molecular weight is 293 g/mol. The molecule has 98 valence electrons. The minimum Gasteiger partial charge on any atom is -0.508 e. The Morgan fingerprint density at radius 2 is 2.00 bits per heavy atom. The zero-order chi connectivity index (χ0) is 14.0. The van der Waals surface area contributed by atoms with Crippen LogP contribution in [0.4, 0.5) is 11.4 Å². The molecule has 2 aromatic rings. The fourth-order valence-corrected chi connectivity index (χ4v) is 2.21. The van der Waals surface area contributed by atoms with Gasteiger partial charge in [-0.25, -0.2) is 0 Å². The molecule has 0 saturated carbocycles. The lowest BCUT2D eigenvalue weighted by molar-refractivity contribution is 0.475. The number of hydrogen-bond acceptors (Lipinski definition) is 3. The van der Waals surface area contributed by atoms with Crippen molar-refractivity contribution in [2.75, 3.05) is 11.9 Å². The van der Waals surface area contributed by atoms with Gasteiger partial charge in [-0.3, -0.25) is 0 Å². The first-order chi connectivity index (χ1) is 8.99. The van der Waals surface area contributed by atoms with Crippen molar-refractivity contribution in [1.29, 1.82) is 0 Å². The molecule has 0 aliphatic heterocycles. The van der Waals surface area contributed by atoms with Gasteiger partial charge in [-0.1, -0.05) is 29.9 Å². The number of thiocarbonyl (C=S) groups is 1. The van der Waals surface area contributed by atoms with Gasteiger partial charge in [0.1, 0.15) is 10.7 Å². The second kappa shape index (κ2) is 5.47. The van der Waals surface area contributed by atoms with Crippen LogP contribution in [0.1, 0.15) is 5.56 Å². The summed E-state index contributed by atoms with van der Waals surface area (Å²) >= 11 is 11.2. The van der Waals surface area contributed by atoms with Gasteiger partial charge in [0, 0.05) is 24.4 Å². The number of nitrogens with two attached hydrogens (primary N) is 1. The Hall–Kier alpha value is -1.78. The molecule has 0 saturated heterocycles. The highest BCUT2D eigenvalue weighted by molar-refractivity contribution is 7.80.